The van der Waals surface area contributed by atoms with Crippen molar-refractivity contribution in [2.45, 2.75) is 6.92 Å². The van der Waals surface area contributed by atoms with E-state index in [1.54, 1.807) is 36.4 Å². The third-order valence-electron chi connectivity index (χ3n) is 2.56. The zero-order valence-corrected chi connectivity index (χ0v) is 11.0. The van der Waals surface area contributed by atoms with Crippen LogP contribution in [0.3, 0.4) is 0 Å². The predicted octanol–water partition coefficient (Wildman–Crippen LogP) is 4.31. The van der Waals surface area contributed by atoms with Gasteiger partial charge in [-0.2, -0.15) is 0 Å². The van der Waals surface area contributed by atoms with Crippen molar-refractivity contribution in [3.05, 3.63) is 68.7 Å². The summed E-state index contributed by atoms with van der Waals surface area (Å²) >= 11 is 5.78. The maximum absolute atomic E-state index is 10.9. The fraction of sp³-hybridized carbons (Fsp3) is 0.0714. The van der Waals surface area contributed by atoms with E-state index < -0.39 is 4.92 Å². The molecule has 19 heavy (non-hydrogen) atoms. The minimum absolute atomic E-state index is 0.0447. The molecule has 0 aromatic heterocycles. The molecular weight excluding hydrogens is 264 g/mol. The van der Waals surface area contributed by atoms with Gasteiger partial charge in [0.15, 0.2) is 0 Å². The molecular formula is C14H11ClN2O2. The van der Waals surface area contributed by atoms with Gasteiger partial charge in [-0.15, -0.1) is 0 Å². The van der Waals surface area contributed by atoms with Crippen LogP contribution in [0, 0.1) is 17.0 Å². The van der Waals surface area contributed by atoms with Crippen LogP contribution in [-0.2, 0) is 0 Å². The van der Waals surface area contributed by atoms with Crippen LogP contribution in [0.4, 0.5) is 11.4 Å². The Hall–Kier alpha value is -2.20. The molecule has 0 radical (unpaired) electrons. The number of halogens is 1. The average molecular weight is 275 g/mol. The second kappa shape index (κ2) is 5.63. The Morgan fingerprint density at radius 1 is 1.21 bits per heavy atom. The highest BCUT2D eigenvalue weighted by Crippen LogP contribution is 2.20. The SMILES string of the molecule is Cc1ccc([N+](=O)[O-])c(C=Nc2ccc(Cl)cc2)c1. The van der Waals surface area contributed by atoms with E-state index in [1.165, 1.54) is 12.3 Å². The third-order valence-corrected chi connectivity index (χ3v) is 2.81. The molecule has 0 spiro atoms. The van der Waals surface area contributed by atoms with Crippen molar-refractivity contribution in [1.29, 1.82) is 0 Å². The summed E-state index contributed by atoms with van der Waals surface area (Å²) in [4.78, 5) is 14.7. The van der Waals surface area contributed by atoms with E-state index in [2.05, 4.69) is 4.99 Å². The summed E-state index contributed by atoms with van der Waals surface area (Å²) in [7, 11) is 0. The van der Waals surface area contributed by atoms with Crippen molar-refractivity contribution in [2.24, 2.45) is 4.99 Å². The largest absolute Gasteiger partial charge is 0.278 e. The Balaban J connectivity index is 2.34. The number of aryl methyl sites for hydroxylation is 1. The number of rotatable bonds is 3. The second-order valence-electron chi connectivity index (χ2n) is 4.05. The Bertz CT molecular complexity index is 636. The number of nitro benzene ring substituents is 1. The highest BCUT2D eigenvalue weighted by molar-refractivity contribution is 6.30. The van der Waals surface area contributed by atoms with Crippen LogP contribution in [-0.4, -0.2) is 11.1 Å². The smallest absolute Gasteiger partial charge is 0.258 e. The minimum Gasteiger partial charge on any atom is -0.258 e. The molecule has 2 aromatic carbocycles. The topological polar surface area (TPSA) is 55.5 Å². The zero-order chi connectivity index (χ0) is 13.8. The maximum atomic E-state index is 10.9. The number of benzene rings is 2. The predicted molar refractivity (Wildman–Crippen MR) is 76.5 cm³/mol. The molecule has 0 aliphatic heterocycles. The van der Waals surface area contributed by atoms with Crippen molar-refractivity contribution in [1.82, 2.24) is 0 Å². The van der Waals surface area contributed by atoms with Crippen LogP contribution >= 0.6 is 11.6 Å². The molecule has 0 atom stereocenters. The fourth-order valence-electron chi connectivity index (χ4n) is 1.61. The fourth-order valence-corrected chi connectivity index (χ4v) is 1.74. The first-order chi connectivity index (χ1) is 9.06. The Kier molecular flexibility index (Phi) is 3.92. The molecule has 0 amide bonds. The molecule has 0 heterocycles. The molecule has 0 N–H and O–H groups in total. The normalized spacial score (nSPS) is 10.8. The summed E-state index contributed by atoms with van der Waals surface area (Å²) in [6, 6.07) is 11.9. The lowest BCUT2D eigenvalue weighted by Gasteiger charge is -1.99. The Morgan fingerprint density at radius 2 is 1.89 bits per heavy atom. The lowest BCUT2D eigenvalue weighted by Crippen LogP contribution is -1.94. The first kappa shape index (κ1) is 13.2. The Morgan fingerprint density at radius 3 is 2.53 bits per heavy atom. The van der Waals surface area contributed by atoms with Crippen molar-refractivity contribution in [3.63, 3.8) is 0 Å². The van der Waals surface area contributed by atoms with Gasteiger partial charge in [-0.25, -0.2) is 0 Å². The van der Waals surface area contributed by atoms with E-state index in [0.717, 1.165) is 5.56 Å². The number of hydrogen-bond acceptors (Lipinski definition) is 3. The number of nitro groups is 1. The van der Waals surface area contributed by atoms with Crippen LogP contribution < -0.4 is 0 Å². The Labute approximate surface area is 115 Å². The van der Waals surface area contributed by atoms with Gasteiger partial charge in [-0.1, -0.05) is 17.7 Å². The molecule has 96 valence electrons. The summed E-state index contributed by atoms with van der Waals surface area (Å²) in [5, 5.41) is 11.5. The molecule has 0 aliphatic rings. The quantitative estimate of drug-likeness (QED) is 0.476. The monoisotopic (exact) mass is 274 g/mol. The first-order valence-corrected chi connectivity index (χ1v) is 5.99. The summed E-state index contributed by atoms with van der Waals surface area (Å²) in [5.41, 5.74) is 2.17. The van der Waals surface area contributed by atoms with Crippen LogP contribution in [0.2, 0.25) is 5.02 Å². The van der Waals surface area contributed by atoms with Crippen molar-refractivity contribution in [3.8, 4) is 0 Å². The highest BCUT2D eigenvalue weighted by Gasteiger charge is 2.11. The van der Waals surface area contributed by atoms with E-state index in [4.69, 9.17) is 11.6 Å². The van der Waals surface area contributed by atoms with E-state index in [-0.39, 0.29) is 5.69 Å². The summed E-state index contributed by atoms with van der Waals surface area (Å²) < 4.78 is 0. The maximum Gasteiger partial charge on any atom is 0.278 e. The summed E-state index contributed by atoms with van der Waals surface area (Å²) in [5.74, 6) is 0. The lowest BCUT2D eigenvalue weighted by molar-refractivity contribution is -0.385. The molecule has 5 heteroatoms. The van der Waals surface area contributed by atoms with Gasteiger partial charge in [-0.05, 0) is 42.8 Å². The van der Waals surface area contributed by atoms with E-state index in [0.29, 0.717) is 16.3 Å². The van der Waals surface area contributed by atoms with Crippen molar-refractivity contribution in [2.75, 3.05) is 0 Å². The summed E-state index contributed by atoms with van der Waals surface area (Å²) in [6.45, 7) is 1.88. The van der Waals surface area contributed by atoms with Gasteiger partial charge in [0.1, 0.15) is 0 Å². The molecule has 0 fully saturated rings. The molecule has 0 saturated carbocycles. The van der Waals surface area contributed by atoms with Crippen LogP contribution in [0.25, 0.3) is 0 Å². The van der Waals surface area contributed by atoms with Crippen LogP contribution in [0.5, 0.6) is 0 Å². The van der Waals surface area contributed by atoms with Gasteiger partial charge >= 0.3 is 0 Å². The molecule has 4 nitrogen and oxygen atoms in total. The number of nitrogens with zero attached hydrogens (tertiary/aromatic N) is 2. The highest BCUT2D eigenvalue weighted by atomic mass is 35.5. The second-order valence-corrected chi connectivity index (χ2v) is 4.49. The standard InChI is InChI=1S/C14H11ClN2O2/c1-10-2-7-14(17(18)19)11(8-10)9-16-13-5-3-12(15)4-6-13/h2-9H,1H3. The van der Waals surface area contributed by atoms with Gasteiger partial charge in [0, 0.05) is 17.3 Å². The average Bonchev–Trinajstić information content (AvgIpc) is 2.38. The molecule has 2 aromatic rings. The summed E-state index contributed by atoms with van der Waals surface area (Å²) in [6.07, 6.45) is 1.49. The first-order valence-electron chi connectivity index (χ1n) is 5.61. The zero-order valence-electron chi connectivity index (χ0n) is 10.2. The molecule has 0 bridgehead atoms. The number of hydrogen-bond donors (Lipinski definition) is 0. The minimum atomic E-state index is -0.414. The third kappa shape index (κ3) is 3.39. The number of aliphatic imine (C=N–C) groups is 1. The molecule has 0 unspecified atom stereocenters. The van der Waals surface area contributed by atoms with Gasteiger partial charge in [-0.3, -0.25) is 15.1 Å². The molecule has 0 aliphatic carbocycles. The van der Waals surface area contributed by atoms with Gasteiger partial charge in [0.05, 0.1) is 16.2 Å². The lowest BCUT2D eigenvalue weighted by atomic mass is 10.1. The van der Waals surface area contributed by atoms with E-state index in [9.17, 15) is 10.1 Å². The molecule has 2 rings (SSSR count). The van der Waals surface area contributed by atoms with Crippen LogP contribution in [0.1, 0.15) is 11.1 Å². The van der Waals surface area contributed by atoms with Gasteiger partial charge < -0.3 is 0 Å². The van der Waals surface area contributed by atoms with Crippen molar-refractivity contribution < 1.29 is 4.92 Å². The van der Waals surface area contributed by atoms with Crippen molar-refractivity contribution >= 4 is 29.2 Å². The van der Waals surface area contributed by atoms with Gasteiger partial charge in [0.2, 0.25) is 0 Å². The molecule has 0 saturated heterocycles. The van der Waals surface area contributed by atoms with E-state index >= 15 is 0 Å². The van der Waals surface area contributed by atoms with Gasteiger partial charge in [0.25, 0.3) is 5.69 Å². The van der Waals surface area contributed by atoms with Crippen LogP contribution in [0.15, 0.2) is 47.5 Å². The van der Waals surface area contributed by atoms with E-state index in [1.807, 2.05) is 6.92 Å².